The van der Waals surface area contributed by atoms with Crippen molar-refractivity contribution < 1.29 is 27.9 Å². The van der Waals surface area contributed by atoms with E-state index < -0.39 is 26.5 Å². The molecule has 3 N–H and O–H groups in total. The summed E-state index contributed by atoms with van der Waals surface area (Å²) in [6.07, 6.45) is 5.26. The summed E-state index contributed by atoms with van der Waals surface area (Å²) in [4.78, 5) is 15.2. The maximum Gasteiger partial charge on any atom is 0.280 e. The minimum Gasteiger partial charge on any atom is -0.497 e. The molecule has 1 aromatic carbocycles. The molecule has 1 saturated carbocycles. The van der Waals surface area contributed by atoms with E-state index in [1.165, 1.54) is 31.4 Å². The fourth-order valence-electron chi connectivity index (χ4n) is 4.61. The topological polar surface area (TPSA) is 127 Å². The third kappa shape index (κ3) is 6.23. The van der Waals surface area contributed by atoms with Crippen molar-refractivity contribution in [3.05, 3.63) is 54.4 Å². The Morgan fingerprint density at radius 3 is 2.19 bits per heavy atom. The summed E-state index contributed by atoms with van der Waals surface area (Å²) in [7, 11) is -2.83. The lowest BCUT2D eigenvalue weighted by atomic mass is 9.81. The zero-order valence-corrected chi connectivity index (χ0v) is 22.2. The van der Waals surface area contributed by atoms with E-state index in [2.05, 4.69) is 31.1 Å². The maximum atomic E-state index is 14.2. The number of nitrogens with one attached hydrogen (secondary N) is 2. The van der Waals surface area contributed by atoms with Crippen LogP contribution in [0.25, 0.3) is 0 Å². The Kier molecular flexibility index (Phi) is 9.10. The molecule has 0 aliphatic heterocycles. The molecule has 198 valence electrons. The van der Waals surface area contributed by atoms with Gasteiger partial charge in [0.05, 0.1) is 24.7 Å². The van der Waals surface area contributed by atoms with E-state index in [0.29, 0.717) is 38.0 Å². The normalized spacial score (nSPS) is 20.4. The third-order valence-corrected chi connectivity index (χ3v) is 8.94. The summed E-state index contributed by atoms with van der Waals surface area (Å²) in [6.45, 7) is 6.97. The quantitative estimate of drug-likeness (QED) is 0.322. The molecule has 0 spiro atoms. The van der Waals surface area contributed by atoms with Gasteiger partial charge in [0.1, 0.15) is 5.75 Å². The fourth-order valence-corrected chi connectivity index (χ4v) is 6.70. The molecule has 1 heterocycles. The van der Waals surface area contributed by atoms with Crippen molar-refractivity contribution in [2.75, 3.05) is 13.7 Å². The second-order valence-electron chi connectivity index (χ2n) is 10.4. The van der Waals surface area contributed by atoms with Gasteiger partial charge in [-0.3, -0.25) is 20.3 Å². The zero-order chi connectivity index (χ0) is 26.4. The number of aromatic nitrogens is 1. The summed E-state index contributed by atoms with van der Waals surface area (Å²) in [5, 5.41) is 12.8. The maximum absolute atomic E-state index is 14.2. The first kappa shape index (κ1) is 28.0. The molecule has 1 amide bonds. The van der Waals surface area contributed by atoms with Gasteiger partial charge in [-0.2, -0.15) is 0 Å². The second-order valence-corrected chi connectivity index (χ2v) is 12.5. The summed E-state index contributed by atoms with van der Waals surface area (Å²) in [6, 6.07) is 9.39. The van der Waals surface area contributed by atoms with Crippen LogP contribution >= 0.6 is 0 Å². The van der Waals surface area contributed by atoms with Crippen molar-refractivity contribution in [1.82, 2.24) is 15.8 Å². The molecule has 1 aliphatic rings. The molecule has 0 bridgehead atoms. The first-order valence-corrected chi connectivity index (χ1v) is 13.6. The number of nitrogens with zero attached hydrogens (tertiary/aromatic N) is 1. The van der Waals surface area contributed by atoms with Crippen LogP contribution in [0.2, 0.25) is 0 Å². The Morgan fingerprint density at radius 2 is 1.67 bits per heavy atom. The van der Waals surface area contributed by atoms with Crippen molar-refractivity contribution in [2.45, 2.75) is 68.9 Å². The lowest BCUT2D eigenvalue weighted by Crippen LogP contribution is -2.66. The summed E-state index contributed by atoms with van der Waals surface area (Å²) in [5.41, 5.74) is 2.42. The van der Waals surface area contributed by atoms with Crippen molar-refractivity contribution in [1.29, 1.82) is 0 Å². The van der Waals surface area contributed by atoms with Crippen LogP contribution < -0.4 is 15.5 Å². The number of ether oxygens (including phenoxy) is 2. The van der Waals surface area contributed by atoms with Crippen LogP contribution in [0.3, 0.4) is 0 Å². The Bertz CT molecular complexity index is 1090. The summed E-state index contributed by atoms with van der Waals surface area (Å²) < 4.78 is 39.6. The molecule has 1 aliphatic carbocycles. The Morgan fingerprint density at radius 1 is 1.06 bits per heavy atom. The van der Waals surface area contributed by atoms with E-state index in [4.69, 9.17) is 9.47 Å². The van der Waals surface area contributed by atoms with Gasteiger partial charge in [0, 0.05) is 24.9 Å². The summed E-state index contributed by atoms with van der Waals surface area (Å²) in [5.74, 6) is -1.12. The van der Waals surface area contributed by atoms with Crippen LogP contribution in [-0.2, 0) is 25.9 Å². The highest BCUT2D eigenvalue weighted by atomic mass is 32.2. The predicted octanol–water partition coefficient (Wildman–Crippen LogP) is 3.48. The molecule has 1 aromatic heterocycles. The van der Waals surface area contributed by atoms with E-state index in [-0.39, 0.29) is 23.0 Å². The highest BCUT2D eigenvalue weighted by molar-refractivity contribution is 7.93. The minimum absolute atomic E-state index is 0.0146. The van der Waals surface area contributed by atoms with Crippen molar-refractivity contribution in [2.24, 2.45) is 11.3 Å². The Balaban J connectivity index is 1.98. The van der Waals surface area contributed by atoms with Gasteiger partial charge in [-0.15, -0.1) is 0 Å². The lowest BCUT2D eigenvalue weighted by Gasteiger charge is -2.42. The van der Waals surface area contributed by atoms with E-state index in [9.17, 15) is 18.4 Å². The molecular formula is C26H37N3O6S. The van der Waals surface area contributed by atoms with Crippen molar-refractivity contribution in [3.63, 3.8) is 0 Å². The van der Waals surface area contributed by atoms with Crippen molar-refractivity contribution in [3.8, 4) is 5.75 Å². The van der Waals surface area contributed by atoms with Crippen LogP contribution in [0.15, 0.2) is 53.7 Å². The fraction of sp³-hybridized carbons (Fsp3) is 0.538. The van der Waals surface area contributed by atoms with Gasteiger partial charge in [0.15, 0.2) is 0 Å². The second kappa shape index (κ2) is 11.7. The van der Waals surface area contributed by atoms with Crippen molar-refractivity contribution >= 4 is 15.7 Å². The largest absolute Gasteiger partial charge is 0.497 e. The van der Waals surface area contributed by atoms with Crippen LogP contribution in [-0.4, -0.2) is 49.2 Å². The van der Waals surface area contributed by atoms with Gasteiger partial charge >= 0.3 is 0 Å². The number of carbonyl (C=O) groups excluding carboxylic acids is 1. The van der Waals surface area contributed by atoms with Crippen LogP contribution in [0.1, 0.15) is 52.0 Å². The Labute approximate surface area is 213 Å². The lowest BCUT2D eigenvalue weighted by molar-refractivity contribution is -0.135. The number of carbonyl (C=O) groups is 1. The van der Waals surface area contributed by atoms with E-state index in [1.54, 1.807) is 30.0 Å². The van der Waals surface area contributed by atoms with Gasteiger partial charge in [-0.05, 0) is 73.1 Å². The first-order chi connectivity index (χ1) is 17.0. The van der Waals surface area contributed by atoms with Gasteiger partial charge in [0.2, 0.25) is 14.7 Å². The van der Waals surface area contributed by atoms with E-state index in [1.807, 2.05) is 0 Å². The molecule has 2 aromatic rings. The highest BCUT2D eigenvalue weighted by Gasteiger charge is 2.57. The van der Waals surface area contributed by atoms with Gasteiger partial charge < -0.3 is 9.47 Å². The number of pyridine rings is 1. The number of hydroxylamine groups is 1. The smallest absolute Gasteiger partial charge is 0.280 e. The standard InChI is InChI=1S/C26H37N3O6S/c1-25(2,3)18-35-22-7-5-20(6-8-22)26(24(30)29-31,28-17-19-13-15-27-16-14-19)36(32,33)23-11-9-21(34-4)10-12-23/h9-16,20,22,28,31H,5-8,17-18H2,1-4H3,(H,29,30)/t20?,22?,26-/m1/s1. The molecule has 0 radical (unpaired) electrons. The van der Waals surface area contributed by atoms with E-state index >= 15 is 0 Å². The third-order valence-electron chi connectivity index (χ3n) is 6.54. The summed E-state index contributed by atoms with van der Waals surface area (Å²) >= 11 is 0. The number of benzene rings is 1. The molecule has 0 saturated heterocycles. The SMILES string of the molecule is COc1ccc(S(=O)(=O)[C@@](NCc2ccncc2)(C(=O)NO)C2CCC(OCC(C)(C)C)CC2)cc1. The van der Waals surface area contributed by atoms with Gasteiger partial charge in [0.25, 0.3) is 5.91 Å². The molecule has 10 heteroatoms. The average molecular weight is 520 g/mol. The van der Waals surface area contributed by atoms with Gasteiger partial charge in [-0.25, -0.2) is 13.9 Å². The van der Waals surface area contributed by atoms with Gasteiger partial charge in [-0.1, -0.05) is 20.8 Å². The number of methoxy groups -OCH3 is 1. The van der Waals surface area contributed by atoms with Crippen LogP contribution in [0, 0.1) is 11.3 Å². The monoisotopic (exact) mass is 519 g/mol. The molecule has 1 fully saturated rings. The number of rotatable bonds is 10. The Hall–Kier alpha value is -2.53. The average Bonchev–Trinajstić information content (AvgIpc) is 2.88. The minimum atomic E-state index is -4.32. The molecule has 0 unspecified atom stereocenters. The first-order valence-electron chi connectivity index (χ1n) is 12.1. The van der Waals surface area contributed by atoms with E-state index in [0.717, 1.165) is 5.56 Å². The number of hydrogen-bond acceptors (Lipinski definition) is 8. The number of sulfone groups is 1. The molecule has 9 nitrogen and oxygen atoms in total. The highest BCUT2D eigenvalue weighted by Crippen LogP contribution is 2.41. The molecule has 36 heavy (non-hydrogen) atoms. The number of amides is 1. The molecule has 1 atom stereocenters. The van der Waals surface area contributed by atoms with Crippen LogP contribution in [0.5, 0.6) is 5.75 Å². The van der Waals surface area contributed by atoms with Crippen LogP contribution in [0.4, 0.5) is 0 Å². The molecular weight excluding hydrogens is 482 g/mol. The number of hydrogen-bond donors (Lipinski definition) is 3. The zero-order valence-electron chi connectivity index (χ0n) is 21.4. The predicted molar refractivity (Wildman–Crippen MR) is 135 cm³/mol. The molecule has 3 rings (SSSR count).